The van der Waals surface area contributed by atoms with Crippen molar-refractivity contribution >= 4 is 27.9 Å². The summed E-state index contributed by atoms with van der Waals surface area (Å²) >= 11 is 0. The normalized spacial score (nSPS) is 12.9. The number of benzene rings is 2. The Kier molecular flexibility index (Phi) is 7.12. The van der Waals surface area contributed by atoms with Gasteiger partial charge in [-0.3, -0.25) is 4.79 Å². The molecule has 0 aromatic heterocycles. The Bertz CT molecular complexity index is 960. The summed E-state index contributed by atoms with van der Waals surface area (Å²) in [7, 11) is -3.28. The lowest BCUT2D eigenvalue weighted by Gasteiger charge is -2.15. The second-order valence-corrected chi connectivity index (χ2v) is 8.30. The summed E-state index contributed by atoms with van der Waals surface area (Å²) in [5, 5.41) is -2.08. The van der Waals surface area contributed by atoms with Crippen LogP contribution in [0.1, 0.15) is 18.1 Å². The van der Waals surface area contributed by atoms with E-state index in [2.05, 4.69) is 4.74 Å². The number of esters is 2. The predicted molar refractivity (Wildman–Crippen MR) is 105 cm³/mol. The molecule has 0 saturated carbocycles. The van der Waals surface area contributed by atoms with Gasteiger partial charge in [0, 0.05) is 0 Å². The smallest absolute Gasteiger partial charge is 0.336 e. The molecule has 2 rings (SSSR count). The highest BCUT2D eigenvalue weighted by molar-refractivity contribution is 7.93. The summed E-state index contributed by atoms with van der Waals surface area (Å²) in [5.74, 6) is -2.36. The number of aryl methyl sites for hydroxylation is 1. The van der Waals surface area contributed by atoms with Crippen LogP contribution in [0, 0.1) is 6.92 Å². The molecule has 0 aliphatic carbocycles. The molecular weight excluding hydrogens is 380 g/mol. The molecule has 2 aromatic carbocycles. The number of methoxy groups -OCH3 is 1. The first-order chi connectivity index (χ1) is 13.3. The number of carbonyl (C=O) groups is 2. The van der Waals surface area contributed by atoms with Gasteiger partial charge in [-0.05, 0) is 37.1 Å². The van der Waals surface area contributed by atoms with E-state index in [0.717, 1.165) is 18.2 Å². The van der Waals surface area contributed by atoms with E-state index >= 15 is 0 Å². The van der Waals surface area contributed by atoms with Gasteiger partial charge in [0.25, 0.3) is 5.25 Å². The molecule has 0 amide bonds. The van der Waals surface area contributed by atoms with Crippen molar-refractivity contribution in [1.82, 2.24) is 0 Å². The van der Waals surface area contributed by atoms with Crippen LogP contribution in [0.4, 0.5) is 0 Å². The molecule has 0 N–H and O–H groups in total. The van der Waals surface area contributed by atoms with Crippen molar-refractivity contribution in [2.45, 2.75) is 24.0 Å². The van der Waals surface area contributed by atoms with Gasteiger partial charge >= 0.3 is 11.9 Å². The van der Waals surface area contributed by atoms with Crippen molar-refractivity contribution in [3.8, 4) is 0 Å². The minimum Gasteiger partial charge on any atom is -0.468 e. The van der Waals surface area contributed by atoms with Gasteiger partial charge in [0.2, 0.25) is 9.84 Å². The molecule has 6 nitrogen and oxygen atoms in total. The lowest BCUT2D eigenvalue weighted by Crippen LogP contribution is -2.40. The third-order valence-electron chi connectivity index (χ3n) is 3.94. The monoisotopic (exact) mass is 402 g/mol. The van der Waals surface area contributed by atoms with Crippen LogP contribution in [0.5, 0.6) is 0 Å². The summed E-state index contributed by atoms with van der Waals surface area (Å²) < 4.78 is 35.2. The first kappa shape index (κ1) is 21.4. The van der Waals surface area contributed by atoms with Crippen LogP contribution in [0.3, 0.4) is 0 Å². The molecule has 2 aromatic rings. The molecule has 148 valence electrons. The zero-order chi connectivity index (χ0) is 20.7. The van der Waals surface area contributed by atoms with Crippen LogP contribution in [-0.4, -0.2) is 39.3 Å². The third-order valence-corrected chi connectivity index (χ3v) is 5.88. The van der Waals surface area contributed by atoms with Crippen LogP contribution in [0.25, 0.3) is 6.08 Å². The maximum absolute atomic E-state index is 12.8. The molecule has 28 heavy (non-hydrogen) atoms. The molecular formula is C21H22O6S. The highest BCUT2D eigenvalue weighted by Gasteiger charge is 2.43. The Morgan fingerprint density at radius 3 is 2.18 bits per heavy atom. The zero-order valence-corrected chi connectivity index (χ0v) is 16.7. The summed E-state index contributed by atoms with van der Waals surface area (Å²) in [6, 6.07) is 15.2. The average molecular weight is 402 g/mol. The lowest BCUT2D eigenvalue weighted by molar-refractivity contribution is -0.151. The van der Waals surface area contributed by atoms with Gasteiger partial charge in [-0.25, -0.2) is 13.2 Å². The van der Waals surface area contributed by atoms with Gasteiger partial charge in [-0.1, -0.05) is 54.1 Å². The number of carbonyl (C=O) groups excluding carboxylic acids is 2. The minimum absolute atomic E-state index is 0.148. The number of rotatable bonds is 7. The van der Waals surface area contributed by atoms with Crippen molar-refractivity contribution in [3.63, 3.8) is 0 Å². The van der Waals surface area contributed by atoms with Crippen molar-refractivity contribution < 1.29 is 27.5 Å². The highest BCUT2D eigenvalue weighted by atomic mass is 32.2. The van der Waals surface area contributed by atoms with Gasteiger partial charge < -0.3 is 9.47 Å². The number of hydrogen-bond acceptors (Lipinski definition) is 6. The SMILES string of the molecule is COC(=O)C(C(=O)OC/C(C)=C/c1ccccc1)S(=O)(=O)c1ccc(C)cc1. The first-order valence-electron chi connectivity index (χ1n) is 8.53. The highest BCUT2D eigenvalue weighted by Crippen LogP contribution is 2.19. The molecule has 0 saturated heterocycles. The van der Waals surface area contributed by atoms with E-state index in [0.29, 0.717) is 5.57 Å². The fourth-order valence-electron chi connectivity index (χ4n) is 2.46. The second kappa shape index (κ2) is 9.32. The van der Waals surface area contributed by atoms with E-state index in [1.165, 1.54) is 12.1 Å². The molecule has 0 radical (unpaired) electrons. The lowest BCUT2D eigenvalue weighted by atomic mass is 10.1. The van der Waals surface area contributed by atoms with Gasteiger partial charge in [0.05, 0.1) is 12.0 Å². The van der Waals surface area contributed by atoms with Gasteiger partial charge in [-0.2, -0.15) is 0 Å². The molecule has 0 spiro atoms. The summed E-state index contributed by atoms with van der Waals surface area (Å²) in [6.07, 6.45) is 1.80. The molecule has 0 bridgehead atoms. The first-order valence-corrected chi connectivity index (χ1v) is 10.1. The quantitative estimate of drug-likeness (QED) is 0.523. The molecule has 7 heteroatoms. The molecule has 1 unspecified atom stereocenters. The average Bonchev–Trinajstić information content (AvgIpc) is 2.67. The van der Waals surface area contributed by atoms with Gasteiger partial charge in [0.15, 0.2) is 0 Å². The Morgan fingerprint density at radius 2 is 1.61 bits per heavy atom. The van der Waals surface area contributed by atoms with Crippen molar-refractivity contribution in [3.05, 3.63) is 71.3 Å². The van der Waals surface area contributed by atoms with Crippen LogP contribution < -0.4 is 0 Å². The predicted octanol–water partition coefficient (Wildman–Crippen LogP) is 2.96. The van der Waals surface area contributed by atoms with Crippen molar-refractivity contribution in [2.24, 2.45) is 0 Å². The standard InChI is InChI=1S/C21H22O6S/c1-15-9-11-18(12-10-15)28(24,25)19(20(22)26-3)21(23)27-14-16(2)13-17-7-5-4-6-8-17/h4-13,19H,14H2,1-3H3/b16-13+. The van der Waals surface area contributed by atoms with E-state index in [1.807, 2.05) is 30.3 Å². The fourth-order valence-corrected chi connectivity index (χ4v) is 3.92. The van der Waals surface area contributed by atoms with Gasteiger partial charge in [-0.15, -0.1) is 0 Å². The molecule has 0 fully saturated rings. The summed E-state index contributed by atoms with van der Waals surface area (Å²) in [5.41, 5.74) is 2.45. The Labute approximate surface area is 164 Å². The van der Waals surface area contributed by atoms with Crippen molar-refractivity contribution in [1.29, 1.82) is 0 Å². The number of sulfone groups is 1. The van der Waals surface area contributed by atoms with E-state index in [-0.39, 0.29) is 11.5 Å². The maximum Gasteiger partial charge on any atom is 0.336 e. The van der Waals surface area contributed by atoms with Crippen LogP contribution in [-0.2, 0) is 28.9 Å². The summed E-state index contributed by atoms with van der Waals surface area (Å²) in [4.78, 5) is 24.4. The topological polar surface area (TPSA) is 86.7 Å². The third kappa shape index (κ3) is 5.29. The Hall–Kier alpha value is -2.93. The molecule has 0 heterocycles. The zero-order valence-electron chi connectivity index (χ0n) is 15.9. The maximum atomic E-state index is 12.8. The second-order valence-electron chi connectivity index (χ2n) is 6.27. The van der Waals surface area contributed by atoms with Gasteiger partial charge in [0.1, 0.15) is 6.61 Å². The van der Waals surface area contributed by atoms with E-state index in [1.54, 1.807) is 32.1 Å². The number of hydrogen-bond donors (Lipinski definition) is 0. The molecule has 0 aliphatic heterocycles. The van der Waals surface area contributed by atoms with E-state index in [9.17, 15) is 18.0 Å². The van der Waals surface area contributed by atoms with Crippen LogP contribution in [0.15, 0.2) is 65.1 Å². The fraction of sp³-hybridized carbons (Fsp3) is 0.238. The van der Waals surface area contributed by atoms with Crippen molar-refractivity contribution in [2.75, 3.05) is 13.7 Å². The summed E-state index contributed by atoms with van der Waals surface area (Å²) in [6.45, 7) is 3.39. The Morgan fingerprint density at radius 1 is 1.00 bits per heavy atom. The Balaban J connectivity index is 2.21. The minimum atomic E-state index is -4.30. The van der Waals surface area contributed by atoms with Crippen LogP contribution in [0.2, 0.25) is 0 Å². The largest absolute Gasteiger partial charge is 0.468 e. The molecule has 0 aliphatic rings. The van der Waals surface area contributed by atoms with E-state index < -0.39 is 27.0 Å². The molecule has 1 atom stereocenters. The number of ether oxygens (including phenoxy) is 2. The van der Waals surface area contributed by atoms with Crippen LogP contribution >= 0.6 is 0 Å². The van der Waals surface area contributed by atoms with E-state index in [4.69, 9.17) is 4.74 Å².